The topological polar surface area (TPSA) is 132 Å². The average Bonchev–Trinajstić information content (AvgIpc) is 3.32. The number of nitrogen functional groups attached to an aromatic ring is 1. The highest BCUT2D eigenvalue weighted by atomic mass is 16.2. The Balaban J connectivity index is 1.21. The second kappa shape index (κ2) is 12.3. The molecule has 0 bridgehead atoms. The smallest absolute Gasteiger partial charge is 0.224 e. The summed E-state index contributed by atoms with van der Waals surface area (Å²) >= 11 is 0. The number of nitrogens with one attached hydrogen (secondary N) is 1. The van der Waals surface area contributed by atoms with E-state index in [9.17, 15) is 9.59 Å². The van der Waals surface area contributed by atoms with E-state index in [0.717, 1.165) is 52.9 Å². The van der Waals surface area contributed by atoms with Crippen LogP contribution in [0.25, 0.3) is 22.2 Å². The van der Waals surface area contributed by atoms with Gasteiger partial charge in [0.25, 0.3) is 0 Å². The monoisotopic (exact) mass is 539 g/mol. The molecule has 2 aromatic heterocycles. The van der Waals surface area contributed by atoms with Gasteiger partial charge in [-0.15, -0.1) is 0 Å². The van der Waals surface area contributed by atoms with Crippen LogP contribution >= 0.6 is 0 Å². The van der Waals surface area contributed by atoms with Gasteiger partial charge in [-0.3, -0.25) is 9.59 Å². The number of likely N-dealkylation sites (tertiary alicyclic amines) is 1. The number of para-hydroxylation sites is 2. The minimum Gasteiger partial charge on any atom is -0.384 e. The highest BCUT2D eigenvalue weighted by Crippen LogP contribution is 2.30. The summed E-state index contributed by atoms with van der Waals surface area (Å²) < 4.78 is 2.19. The number of piperidine rings is 1. The minimum absolute atomic E-state index is 0.0493. The Morgan fingerprint density at radius 3 is 2.60 bits per heavy atom. The van der Waals surface area contributed by atoms with Crippen molar-refractivity contribution in [3.05, 3.63) is 78.2 Å². The predicted octanol–water partition coefficient (Wildman–Crippen LogP) is 3.48. The number of amides is 2. The molecule has 1 fully saturated rings. The first-order valence-electron chi connectivity index (χ1n) is 13.9. The van der Waals surface area contributed by atoms with E-state index in [1.54, 1.807) is 12.3 Å². The SMILES string of the molecule is CC(=O)NCCn1c(C2CCCN(C(=O)CC(N)Cc3ccc(-c4ccc(N)nc4)cc3)C2)nc2ccccc21. The Bertz CT molecular complexity index is 1460. The summed E-state index contributed by atoms with van der Waals surface area (Å²) in [6.45, 7) is 4.05. The van der Waals surface area contributed by atoms with Crippen LogP contribution in [0.1, 0.15) is 43.5 Å². The first-order valence-corrected chi connectivity index (χ1v) is 13.9. The zero-order valence-electron chi connectivity index (χ0n) is 22.9. The molecule has 5 rings (SSSR count). The Kier molecular flexibility index (Phi) is 8.40. The molecular formula is C31H37N7O2. The van der Waals surface area contributed by atoms with Gasteiger partial charge in [0, 0.05) is 63.2 Å². The van der Waals surface area contributed by atoms with Crippen LogP contribution in [0.15, 0.2) is 66.9 Å². The number of hydrogen-bond donors (Lipinski definition) is 3. The normalized spacial score (nSPS) is 16.1. The van der Waals surface area contributed by atoms with Gasteiger partial charge in [0.15, 0.2) is 0 Å². The predicted molar refractivity (Wildman–Crippen MR) is 157 cm³/mol. The lowest BCUT2D eigenvalue weighted by Gasteiger charge is -2.33. The van der Waals surface area contributed by atoms with Crippen molar-refractivity contribution in [1.29, 1.82) is 0 Å². The summed E-state index contributed by atoms with van der Waals surface area (Å²) in [6.07, 6.45) is 4.58. The molecule has 2 unspecified atom stereocenters. The number of pyridine rings is 1. The van der Waals surface area contributed by atoms with Crippen LogP contribution in [0.5, 0.6) is 0 Å². The highest BCUT2D eigenvalue weighted by molar-refractivity contribution is 5.78. The first-order chi connectivity index (χ1) is 19.4. The molecule has 40 heavy (non-hydrogen) atoms. The molecular weight excluding hydrogens is 502 g/mol. The number of hydrogen-bond acceptors (Lipinski definition) is 6. The van der Waals surface area contributed by atoms with Gasteiger partial charge in [0.05, 0.1) is 11.0 Å². The molecule has 0 radical (unpaired) electrons. The standard InChI is InChI=1S/C31H37N7O2/c1-21(39)34-14-16-38-28-7-3-2-6-27(28)36-31(38)25-5-4-15-37(20-25)30(40)18-26(32)17-22-8-10-23(11-9-22)24-12-13-29(33)35-19-24/h2-3,6-13,19,25-26H,4-5,14-18,20,32H2,1H3,(H2,33,35)(H,34,39). The number of fused-ring (bicyclic) bond motifs is 1. The number of rotatable bonds is 9. The van der Waals surface area contributed by atoms with Gasteiger partial charge in [-0.1, -0.05) is 36.4 Å². The zero-order chi connectivity index (χ0) is 28.1. The maximum absolute atomic E-state index is 13.3. The third-order valence-electron chi connectivity index (χ3n) is 7.54. The van der Waals surface area contributed by atoms with Crippen molar-refractivity contribution in [2.24, 2.45) is 5.73 Å². The fraction of sp³-hybridized carbons (Fsp3) is 0.355. The molecule has 208 valence electrons. The lowest BCUT2D eigenvalue weighted by Crippen LogP contribution is -2.42. The zero-order valence-corrected chi connectivity index (χ0v) is 22.9. The Hall–Kier alpha value is -4.24. The summed E-state index contributed by atoms with van der Waals surface area (Å²) in [7, 11) is 0. The van der Waals surface area contributed by atoms with Gasteiger partial charge in [-0.05, 0) is 54.7 Å². The molecule has 1 aliphatic heterocycles. The molecule has 9 heteroatoms. The molecule has 2 aromatic carbocycles. The number of nitrogens with zero attached hydrogens (tertiary/aromatic N) is 4. The van der Waals surface area contributed by atoms with E-state index in [4.69, 9.17) is 16.5 Å². The van der Waals surface area contributed by atoms with Gasteiger partial charge < -0.3 is 26.3 Å². The molecule has 5 N–H and O–H groups in total. The van der Waals surface area contributed by atoms with Crippen LogP contribution in [-0.2, 0) is 22.6 Å². The number of nitrogens with two attached hydrogens (primary N) is 2. The summed E-state index contributed by atoms with van der Waals surface area (Å²) in [5, 5.41) is 2.89. The van der Waals surface area contributed by atoms with Crippen molar-refractivity contribution in [3.8, 4) is 11.1 Å². The van der Waals surface area contributed by atoms with Gasteiger partial charge in [-0.25, -0.2) is 9.97 Å². The van der Waals surface area contributed by atoms with E-state index >= 15 is 0 Å². The van der Waals surface area contributed by atoms with E-state index < -0.39 is 0 Å². The molecule has 9 nitrogen and oxygen atoms in total. The summed E-state index contributed by atoms with van der Waals surface area (Å²) in [5.74, 6) is 1.64. The highest BCUT2D eigenvalue weighted by Gasteiger charge is 2.29. The first kappa shape index (κ1) is 27.3. The summed E-state index contributed by atoms with van der Waals surface area (Å²) in [6, 6.07) is 19.7. The van der Waals surface area contributed by atoms with Crippen molar-refractivity contribution >= 4 is 28.7 Å². The largest absolute Gasteiger partial charge is 0.384 e. The molecule has 3 heterocycles. The van der Waals surface area contributed by atoms with E-state index in [1.807, 2.05) is 41.3 Å². The second-order valence-corrected chi connectivity index (χ2v) is 10.6. The van der Waals surface area contributed by atoms with Crippen LogP contribution in [0.2, 0.25) is 0 Å². The van der Waals surface area contributed by atoms with Gasteiger partial charge in [0.2, 0.25) is 11.8 Å². The van der Waals surface area contributed by atoms with Crippen LogP contribution in [0, 0.1) is 0 Å². The second-order valence-electron chi connectivity index (χ2n) is 10.6. The van der Waals surface area contributed by atoms with Crippen LogP contribution in [-0.4, -0.2) is 56.9 Å². The fourth-order valence-corrected chi connectivity index (χ4v) is 5.54. The van der Waals surface area contributed by atoms with E-state index in [2.05, 4.69) is 33.1 Å². The van der Waals surface area contributed by atoms with Crippen LogP contribution in [0.3, 0.4) is 0 Å². The van der Waals surface area contributed by atoms with Crippen LogP contribution in [0.4, 0.5) is 5.82 Å². The lowest BCUT2D eigenvalue weighted by molar-refractivity contribution is -0.132. The molecule has 4 aromatic rings. The summed E-state index contributed by atoms with van der Waals surface area (Å²) in [5.41, 5.74) is 17.3. The number of carbonyl (C=O) groups excluding carboxylic acids is 2. The Labute approximate surface area is 234 Å². The summed E-state index contributed by atoms with van der Waals surface area (Å²) in [4.78, 5) is 35.8. The number of carbonyl (C=O) groups is 2. The van der Waals surface area contributed by atoms with Crippen molar-refractivity contribution in [1.82, 2.24) is 24.8 Å². The number of aromatic nitrogens is 3. The van der Waals surface area contributed by atoms with E-state index in [-0.39, 0.29) is 23.8 Å². The number of benzene rings is 2. The van der Waals surface area contributed by atoms with Crippen molar-refractivity contribution in [3.63, 3.8) is 0 Å². The van der Waals surface area contributed by atoms with Crippen molar-refractivity contribution in [2.75, 3.05) is 25.4 Å². The van der Waals surface area contributed by atoms with Crippen molar-refractivity contribution < 1.29 is 9.59 Å². The molecule has 0 saturated carbocycles. The van der Waals surface area contributed by atoms with Crippen molar-refractivity contribution in [2.45, 2.75) is 51.1 Å². The van der Waals surface area contributed by atoms with Gasteiger partial charge in [0.1, 0.15) is 11.6 Å². The molecule has 0 aliphatic carbocycles. The maximum Gasteiger partial charge on any atom is 0.224 e. The maximum atomic E-state index is 13.3. The molecule has 0 spiro atoms. The fourth-order valence-electron chi connectivity index (χ4n) is 5.54. The third-order valence-corrected chi connectivity index (χ3v) is 7.54. The van der Waals surface area contributed by atoms with E-state index in [1.165, 1.54) is 6.92 Å². The van der Waals surface area contributed by atoms with E-state index in [0.29, 0.717) is 38.3 Å². The molecule has 2 amide bonds. The van der Waals surface area contributed by atoms with Crippen LogP contribution < -0.4 is 16.8 Å². The lowest BCUT2D eigenvalue weighted by atomic mass is 9.95. The van der Waals surface area contributed by atoms with Gasteiger partial charge >= 0.3 is 0 Å². The average molecular weight is 540 g/mol. The molecule has 1 aliphatic rings. The number of anilines is 1. The molecule has 1 saturated heterocycles. The Morgan fingerprint density at radius 1 is 1.07 bits per heavy atom. The molecule has 2 atom stereocenters. The minimum atomic E-state index is -0.265. The quantitative estimate of drug-likeness (QED) is 0.298. The number of imidazole rings is 1. The third kappa shape index (κ3) is 6.48. The van der Waals surface area contributed by atoms with Gasteiger partial charge in [-0.2, -0.15) is 0 Å². The Morgan fingerprint density at radius 2 is 1.85 bits per heavy atom.